The number of carbonyl (C=O) groups is 1. The van der Waals surface area contributed by atoms with E-state index in [1.165, 1.54) is 24.3 Å². The second-order valence-corrected chi connectivity index (χ2v) is 8.47. The van der Waals surface area contributed by atoms with Gasteiger partial charge in [0.15, 0.2) is 0 Å². The third kappa shape index (κ3) is 4.89. The van der Waals surface area contributed by atoms with Gasteiger partial charge in [-0.3, -0.25) is 0 Å². The topological polar surface area (TPSA) is 90.9 Å². The molecule has 0 saturated heterocycles. The lowest BCUT2D eigenvalue weighted by Crippen LogP contribution is -2.23. The van der Waals surface area contributed by atoms with Gasteiger partial charge >= 0.3 is 5.97 Å². The molecule has 8 heteroatoms. The maximum absolute atomic E-state index is 12.7. The predicted molar refractivity (Wildman–Crippen MR) is 108 cm³/mol. The molecule has 0 fully saturated rings. The van der Waals surface area contributed by atoms with E-state index in [2.05, 4.69) is 4.72 Å². The number of nitrogens with one attached hydrogen (secondary N) is 1. The molecule has 0 radical (unpaired) electrons. The van der Waals surface area contributed by atoms with E-state index in [4.69, 9.17) is 14.2 Å². The Morgan fingerprint density at radius 1 is 1.17 bits per heavy atom. The van der Waals surface area contributed by atoms with Crippen molar-refractivity contribution in [3.63, 3.8) is 0 Å². The van der Waals surface area contributed by atoms with Crippen LogP contribution < -0.4 is 14.2 Å². The van der Waals surface area contributed by atoms with Crippen molar-refractivity contribution in [2.24, 2.45) is 0 Å². The van der Waals surface area contributed by atoms with Crippen LogP contribution in [-0.4, -0.2) is 33.7 Å². The van der Waals surface area contributed by atoms with E-state index < -0.39 is 16.0 Å². The van der Waals surface area contributed by atoms with Gasteiger partial charge in [0.05, 0.1) is 23.7 Å². The molecule has 0 aromatic heterocycles. The van der Waals surface area contributed by atoms with Crippen molar-refractivity contribution in [2.75, 3.05) is 13.2 Å². The second kappa shape index (κ2) is 8.84. The molecule has 0 unspecified atom stereocenters. The lowest BCUT2D eigenvalue weighted by Gasteiger charge is -2.14. The van der Waals surface area contributed by atoms with Gasteiger partial charge in [0.1, 0.15) is 17.6 Å². The van der Waals surface area contributed by atoms with Crippen molar-refractivity contribution in [3.8, 4) is 11.5 Å². The molecule has 29 heavy (non-hydrogen) atoms. The first-order chi connectivity index (χ1) is 13.8. The Balaban J connectivity index is 1.76. The van der Waals surface area contributed by atoms with Gasteiger partial charge in [-0.15, -0.1) is 0 Å². The smallest absolute Gasteiger partial charge is 0.338 e. The average molecular weight is 419 g/mol. The minimum Gasteiger partial charge on any atom is -0.494 e. The molecule has 1 aliphatic rings. The summed E-state index contributed by atoms with van der Waals surface area (Å²) in [6, 6.07) is 9.37. The first-order valence-corrected chi connectivity index (χ1v) is 11.0. The zero-order valence-electron chi connectivity index (χ0n) is 16.7. The molecule has 1 heterocycles. The Labute approximate surface area is 171 Å². The molecule has 1 atom stereocenters. The van der Waals surface area contributed by atoms with E-state index in [0.717, 1.165) is 17.7 Å². The highest BCUT2D eigenvalue weighted by atomic mass is 32.2. The average Bonchev–Trinajstić information content (AvgIpc) is 3.05. The first kappa shape index (κ1) is 21.1. The van der Waals surface area contributed by atoms with Gasteiger partial charge in [-0.25, -0.2) is 17.9 Å². The Morgan fingerprint density at radius 2 is 1.90 bits per heavy atom. The Kier molecular flexibility index (Phi) is 6.44. The number of fused-ring (bicyclic) bond motifs is 1. The molecule has 1 N–H and O–H groups in total. The van der Waals surface area contributed by atoms with E-state index in [0.29, 0.717) is 23.5 Å². The molecule has 2 aromatic carbocycles. The zero-order chi connectivity index (χ0) is 21.0. The van der Waals surface area contributed by atoms with Crippen LogP contribution in [0.2, 0.25) is 0 Å². The quantitative estimate of drug-likeness (QED) is 0.662. The minimum atomic E-state index is -3.77. The summed E-state index contributed by atoms with van der Waals surface area (Å²) < 4.78 is 44.3. The maximum Gasteiger partial charge on any atom is 0.338 e. The summed E-state index contributed by atoms with van der Waals surface area (Å²) in [6.07, 6.45) is 0.887. The summed E-state index contributed by atoms with van der Waals surface area (Å²) in [7, 11) is -3.77. The predicted octanol–water partition coefficient (Wildman–Crippen LogP) is 3.06. The van der Waals surface area contributed by atoms with Gasteiger partial charge in [-0.2, -0.15) is 0 Å². The highest BCUT2D eigenvalue weighted by Gasteiger charge is 2.23. The summed E-state index contributed by atoms with van der Waals surface area (Å²) in [5.74, 6) is 0.913. The normalized spacial score (nSPS) is 15.5. The second-order valence-electron chi connectivity index (χ2n) is 6.70. The Bertz CT molecular complexity index is 985. The fourth-order valence-corrected chi connectivity index (χ4v) is 4.16. The van der Waals surface area contributed by atoms with Crippen LogP contribution >= 0.6 is 0 Å². The van der Waals surface area contributed by atoms with Gasteiger partial charge in [0, 0.05) is 24.1 Å². The number of sulfonamides is 1. The fraction of sp³-hybridized carbons (Fsp3) is 0.381. The van der Waals surface area contributed by atoms with Crippen molar-refractivity contribution in [2.45, 2.75) is 44.7 Å². The zero-order valence-corrected chi connectivity index (χ0v) is 17.5. The third-order valence-corrected chi connectivity index (χ3v) is 5.92. The monoisotopic (exact) mass is 419 g/mol. The van der Waals surface area contributed by atoms with Crippen LogP contribution in [-0.2, 0) is 27.7 Å². The van der Waals surface area contributed by atoms with E-state index >= 15 is 0 Å². The van der Waals surface area contributed by atoms with Crippen LogP contribution in [0.4, 0.5) is 0 Å². The van der Waals surface area contributed by atoms with Crippen molar-refractivity contribution in [1.29, 1.82) is 0 Å². The van der Waals surface area contributed by atoms with E-state index in [9.17, 15) is 13.2 Å². The van der Waals surface area contributed by atoms with E-state index in [-0.39, 0.29) is 24.2 Å². The highest BCUT2D eigenvalue weighted by molar-refractivity contribution is 7.89. The van der Waals surface area contributed by atoms with Gasteiger partial charge in [-0.05, 0) is 57.2 Å². The Morgan fingerprint density at radius 3 is 2.55 bits per heavy atom. The number of hydrogen-bond donors (Lipinski definition) is 1. The van der Waals surface area contributed by atoms with Crippen LogP contribution in [0.3, 0.4) is 0 Å². The van der Waals surface area contributed by atoms with E-state index in [1.807, 2.05) is 26.0 Å². The molecular weight excluding hydrogens is 394 g/mol. The number of rotatable bonds is 8. The lowest BCUT2D eigenvalue weighted by atomic mass is 10.1. The standard InChI is InChI=1S/C21H25NO6S/c1-4-26-19-11-16-10-14(3)28-20(16)12-17(19)13-22-29(24,25)18-8-6-15(7-9-18)21(23)27-5-2/h6-9,11-12,14,22H,4-5,10,13H2,1-3H3/t14-/m1/s1. The first-order valence-electron chi connectivity index (χ1n) is 9.56. The van der Waals surface area contributed by atoms with Crippen molar-refractivity contribution >= 4 is 16.0 Å². The Hall–Kier alpha value is -2.58. The lowest BCUT2D eigenvalue weighted by molar-refractivity contribution is 0.0526. The number of esters is 1. The summed E-state index contributed by atoms with van der Waals surface area (Å²) in [6.45, 7) is 6.37. The highest BCUT2D eigenvalue weighted by Crippen LogP contribution is 2.35. The van der Waals surface area contributed by atoms with Gasteiger partial charge in [-0.1, -0.05) is 0 Å². The molecule has 3 rings (SSSR count). The van der Waals surface area contributed by atoms with Crippen molar-refractivity contribution in [1.82, 2.24) is 4.72 Å². The molecule has 0 amide bonds. The molecule has 7 nitrogen and oxygen atoms in total. The number of benzene rings is 2. The van der Waals surface area contributed by atoms with Crippen molar-refractivity contribution < 1.29 is 27.4 Å². The van der Waals surface area contributed by atoms with Crippen LogP contribution in [0.5, 0.6) is 11.5 Å². The maximum atomic E-state index is 12.7. The summed E-state index contributed by atoms with van der Waals surface area (Å²) in [5, 5.41) is 0. The summed E-state index contributed by atoms with van der Waals surface area (Å²) in [4.78, 5) is 11.8. The fourth-order valence-electron chi connectivity index (χ4n) is 3.15. The summed E-state index contributed by atoms with van der Waals surface area (Å²) >= 11 is 0. The van der Waals surface area contributed by atoms with Crippen molar-refractivity contribution in [3.05, 3.63) is 53.1 Å². The molecule has 156 valence electrons. The molecule has 2 aromatic rings. The van der Waals surface area contributed by atoms with Crippen LogP contribution in [0.15, 0.2) is 41.3 Å². The SMILES string of the molecule is CCOC(=O)c1ccc(S(=O)(=O)NCc2cc3c(cc2OCC)C[C@@H](C)O3)cc1. The molecule has 0 bridgehead atoms. The van der Waals surface area contributed by atoms with Gasteiger partial charge in [0.2, 0.25) is 10.0 Å². The summed E-state index contributed by atoms with van der Waals surface area (Å²) in [5.41, 5.74) is 2.06. The number of carbonyl (C=O) groups excluding carboxylic acids is 1. The third-order valence-electron chi connectivity index (χ3n) is 4.51. The molecular formula is C21H25NO6S. The number of hydrogen-bond acceptors (Lipinski definition) is 6. The number of ether oxygens (including phenoxy) is 3. The van der Waals surface area contributed by atoms with Crippen LogP contribution in [0.25, 0.3) is 0 Å². The molecule has 0 aliphatic carbocycles. The largest absolute Gasteiger partial charge is 0.494 e. The van der Waals surface area contributed by atoms with E-state index in [1.54, 1.807) is 6.92 Å². The molecule has 0 saturated carbocycles. The van der Waals surface area contributed by atoms with Gasteiger partial charge in [0.25, 0.3) is 0 Å². The molecule has 1 aliphatic heterocycles. The minimum absolute atomic E-state index is 0.0579. The van der Waals surface area contributed by atoms with Crippen LogP contribution in [0, 0.1) is 0 Å². The van der Waals surface area contributed by atoms with Crippen LogP contribution in [0.1, 0.15) is 42.3 Å². The van der Waals surface area contributed by atoms with Gasteiger partial charge < -0.3 is 14.2 Å². The molecule has 0 spiro atoms.